The summed E-state index contributed by atoms with van der Waals surface area (Å²) >= 11 is 0. The Morgan fingerprint density at radius 1 is 1.21 bits per heavy atom. The third kappa shape index (κ3) is 4.26. The van der Waals surface area contributed by atoms with Crippen molar-refractivity contribution in [1.29, 1.82) is 0 Å². The number of ether oxygens (including phenoxy) is 1. The minimum absolute atomic E-state index is 0.0656. The molecule has 33 heavy (non-hydrogen) atoms. The van der Waals surface area contributed by atoms with Crippen LogP contribution >= 0.6 is 0 Å². The van der Waals surface area contributed by atoms with E-state index in [0.717, 1.165) is 31.2 Å². The molecule has 1 aromatic carbocycles. The maximum atomic E-state index is 13.8. The molecule has 0 unspecified atom stereocenters. The summed E-state index contributed by atoms with van der Waals surface area (Å²) in [5, 5.41) is 7.52. The molecule has 1 atom stereocenters. The molecule has 1 fully saturated rings. The molecular weight excluding hydrogens is 420 g/mol. The lowest BCUT2D eigenvalue weighted by atomic mass is 9.86. The standard InChI is InChI=1S/C25H32N4O4/c1-5-33-23(31)19-14-21-22(30)29(20-9-7-6-8-17(20)3)25(4,15-28(21)27-19)24(32)26-18-12-10-16(2)11-13-18/h6-9,14,16,18H,5,10-13,15H2,1-4H3,(H,26,32)/t16?,18?,25-/m0/s1. The number of hydrogen-bond donors (Lipinski definition) is 1. The Balaban J connectivity index is 1.73. The lowest BCUT2D eigenvalue weighted by Gasteiger charge is -2.44. The monoisotopic (exact) mass is 452 g/mol. The largest absolute Gasteiger partial charge is 0.461 e. The van der Waals surface area contributed by atoms with Crippen LogP contribution in [-0.2, 0) is 16.1 Å². The Morgan fingerprint density at radius 3 is 2.58 bits per heavy atom. The van der Waals surface area contributed by atoms with Gasteiger partial charge in [0.05, 0.1) is 13.2 Å². The number of benzene rings is 1. The summed E-state index contributed by atoms with van der Waals surface area (Å²) in [6.07, 6.45) is 4.02. The molecule has 8 heteroatoms. The zero-order valence-corrected chi connectivity index (χ0v) is 19.8. The van der Waals surface area contributed by atoms with Gasteiger partial charge in [0.15, 0.2) is 5.69 Å². The van der Waals surface area contributed by atoms with E-state index in [1.807, 2.05) is 31.2 Å². The molecule has 1 aliphatic heterocycles. The van der Waals surface area contributed by atoms with Gasteiger partial charge in [-0.25, -0.2) is 4.79 Å². The summed E-state index contributed by atoms with van der Waals surface area (Å²) in [6, 6.07) is 9.06. The minimum Gasteiger partial charge on any atom is -0.461 e. The summed E-state index contributed by atoms with van der Waals surface area (Å²) in [7, 11) is 0. The second-order valence-corrected chi connectivity index (χ2v) is 9.42. The highest BCUT2D eigenvalue weighted by Crippen LogP contribution is 2.35. The number of nitrogens with one attached hydrogen (secondary N) is 1. The van der Waals surface area contributed by atoms with E-state index >= 15 is 0 Å². The van der Waals surface area contributed by atoms with Crippen molar-refractivity contribution in [2.75, 3.05) is 11.5 Å². The number of carbonyl (C=O) groups is 3. The summed E-state index contributed by atoms with van der Waals surface area (Å²) in [5.74, 6) is -0.496. The van der Waals surface area contributed by atoms with Gasteiger partial charge in [-0.15, -0.1) is 0 Å². The van der Waals surface area contributed by atoms with Crippen LogP contribution < -0.4 is 10.2 Å². The third-order valence-electron chi connectivity index (χ3n) is 6.83. The van der Waals surface area contributed by atoms with E-state index in [1.165, 1.54) is 10.7 Å². The molecule has 4 rings (SSSR count). The second-order valence-electron chi connectivity index (χ2n) is 9.42. The molecule has 1 aromatic heterocycles. The van der Waals surface area contributed by atoms with Crippen LogP contribution in [-0.4, -0.2) is 45.8 Å². The first-order valence-corrected chi connectivity index (χ1v) is 11.7. The normalized spacial score (nSPS) is 24.8. The zero-order chi connectivity index (χ0) is 23.8. The summed E-state index contributed by atoms with van der Waals surface area (Å²) in [5.41, 5.74) is 0.670. The fraction of sp³-hybridized carbons (Fsp3) is 0.520. The van der Waals surface area contributed by atoms with Gasteiger partial charge < -0.3 is 10.1 Å². The fourth-order valence-electron chi connectivity index (χ4n) is 4.82. The van der Waals surface area contributed by atoms with E-state index in [1.54, 1.807) is 18.7 Å². The smallest absolute Gasteiger partial charge is 0.358 e. The molecule has 0 bridgehead atoms. The molecule has 2 heterocycles. The molecule has 2 amide bonds. The van der Waals surface area contributed by atoms with Crippen LogP contribution in [0.3, 0.4) is 0 Å². The zero-order valence-electron chi connectivity index (χ0n) is 19.8. The van der Waals surface area contributed by atoms with Crippen molar-refractivity contribution >= 4 is 23.5 Å². The third-order valence-corrected chi connectivity index (χ3v) is 6.83. The van der Waals surface area contributed by atoms with Gasteiger partial charge >= 0.3 is 5.97 Å². The number of para-hydroxylation sites is 1. The maximum Gasteiger partial charge on any atom is 0.358 e. The number of esters is 1. The van der Waals surface area contributed by atoms with Crippen molar-refractivity contribution in [2.45, 2.75) is 71.5 Å². The topological polar surface area (TPSA) is 93.5 Å². The Kier molecular flexibility index (Phi) is 6.28. The fourth-order valence-corrected chi connectivity index (χ4v) is 4.82. The Morgan fingerprint density at radius 2 is 1.91 bits per heavy atom. The van der Waals surface area contributed by atoms with E-state index in [9.17, 15) is 14.4 Å². The Hall–Kier alpha value is -3.16. The van der Waals surface area contributed by atoms with E-state index in [4.69, 9.17) is 4.74 Å². The van der Waals surface area contributed by atoms with Gasteiger partial charge in [-0.2, -0.15) is 5.10 Å². The molecule has 0 radical (unpaired) electrons. The minimum atomic E-state index is -1.21. The average Bonchev–Trinajstić information content (AvgIpc) is 3.21. The summed E-state index contributed by atoms with van der Waals surface area (Å²) in [6.45, 7) is 7.99. The highest BCUT2D eigenvalue weighted by Gasteiger charge is 2.50. The highest BCUT2D eigenvalue weighted by atomic mass is 16.5. The van der Waals surface area contributed by atoms with E-state index in [-0.39, 0.29) is 42.4 Å². The van der Waals surface area contributed by atoms with Crippen molar-refractivity contribution in [3.63, 3.8) is 0 Å². The molecule has 1 N–H and O–H groups in total. The first kappa shape index (κ1) is 23.0. The Labute approximate surface area is 194 Å². The quantitative estimate of drug-likeness (QED) is 0.701. The van der Waals surface area contributed by atoms with Gasteiger partial charge in [0.25, 0.3) is 5.91 Å². The van der Waals surface area contributed by atoms with Gasteiger partial charge in [-0.1, -0.05) is 25.1 Å². The number of aromatic nitrogens is 2. The van der Waals surface area contributed by atoms with Gasteiger partial charge in [0.1, 0.15) is 11.2 Å². The SMILES string of the molecule is CCOC(=O)c1cc2n(n1)C[C@@](C)(C(=O)NC1CCC(C)CC1)N(c1ccccc1C)C2=O. The lowest BCUT2D eigenvalue weighted by Crippen LogP contribution is -2.65. The molecular formula is C25H32N4O4. The van der Waals surface area contributed by atoms with Gasteiger partial charge in [-0.05, 0) is 64.0 Å². The van der Waals surface area contributed by atoms with Crippen molar-refractivity contribution in [3.8, 4) is 0 Å². The van der Waals surface area contributed by atoms with E-state index in [0.29, 0.717) is 11.6 Å². The van der Waals surface area contributed by atoms with Crippen LogP contribution in [0.15, 0.2) is 30.3 Å². The molecule has 8 nitrogen and oxygen atoms in total. The van der Waals surface area contributed by atoms with Crippen molar-refractivity contribution < 1.29 is 19.1 Å². The number of amides is 2. The summed E-state index contributed by atoms with van der Waals surface area (Å²) in [4.78, 5) is 41.3. The van der Waals surface area contributed by atoms with E-state index in [2.05, 4.69) is 17.3 Å². The van der Waals surface area contributed by atoms with Crippen LogP contribution in [0.2, 0.25) is 0 Å². The second kappa shape index (κ2) is 9.00. The van der Waals surface area contributed by atoms with E-state index < -0.39 is 11.5 Å². The predicted molar refractivity (Wildman–Crippen MR) is 124 cm³/mol. The number of nitrogens with zero attached hydrogens (tertiary/aromatic N) is 3. The molecule has 1 saturated carbocycles. The van der Waals surface area contributed by atoms with Crippen LogP contribution in [0.4, 0.5) is 5.69 Å². The van der Waals surface area contributed by atoms with Crippen molar-refractivity contribution in [1.82, 2.24) is 15.1 Å². The number of anilines is 1. The van der Waals surface area contributed by atoms with Gasteiger partial charge in [0, 0.05) is 17.8 Å². The number of carbonyl (C=O) groups excluding carboxylic acids is 3. The molecule has 0 saturated heterocycles. The van der Waals surface area contributed by atoms with Gasteiger partial charge in [-0.3, -0.25) is 19.2 Å². The van der Waals surface area contributed by atoms with Crippen LogP contribution in [0.5, 0.6) is 0 Å². The lowest BCUT2D eigenvalue weighted by molar-refractivity contribution is -0.127. The number of aryl methyl sites for hydroxylation is 1. The van der Waals surface area contributed by atoms with Crippen molar-refractivity contribution in [3.05, 3.63) is 47.3 Å². The number of hydrogen-bond acceptors (Lipinski definition) is 5. The predicted octanol–water partition coefficient (Wildman–Crippen LogP) is 3.48. The molecule has 2 aromatic rings. The maximum absolute atomic E-state index is 13.8. The molecule has 1 aliphatic carbocycles. The summed E-state index contributed by atoms with van der Waals surface area (Å²) < 4.78 is 6.53. The number of rotatable bonds is 5. The molecule has 176 valence electrons. The molecule has 0 spiro atoms. The highest BCUT2D eigenvalue weighted by molar-refractivity contribution is 6.12. The number of fused-ring (bicyclic) bond motifs is 1. The van der Waals surface area contributed by atoms with Gasteiger partial charge in [0.2, 0.25) is 5.91 Å². The molecule has 2 aliphatic rings. The van der Waals surface area contributed by atoms with Crippen LogP contribution in [0.1, 0.15) is 73.0 Å². The van der Waals surface area contributed by atoms with Crippen LogP contribution in [0, 0.1) is 12.8 Å². The first-order chi connectivity index (χ1) is 15.7. The van der Waals surface area contributed by atoms with Crippen molar-refractivity contribution in [2.24, 2.45) is 5.92 Å². The van der Waals surface area contributed by atoms with Crippen LogP contribution in [0.25, 0.3) is 0 Å². The Bertz CT molecular complexity index is 1070. The first-order valence-electron chi connectivity index (χ1n) is 11.7. The average molecular weight is 453 g/mol.